The van der Waals surface area contributed by atoms with Gasteiger partial charge in [-0.15, -0.1) is 0 Å². The Morgan fingerprint density at radius 3 is 2.41 bits per heavy atom. The van der Waals surface area contributed by atoms with Crippen LogP contribution in [0.2, 0.25) is 0 Å². The lowest BCUT2D eigenvalue weighted by Crippen LogP contribution is -1.87. The fraction of sp³-hybridized carbons (Fsp3) is 0. The van der Waals surface area contributed by atoms with Crippen LogP contribution >= 0.6 is 0 Å². The molecule has 0 N–H and O–H groups in total. The zero-order valence-electron chi connectivity index (χ0n) is 9.10. The summed E-state index contributed by atoms with van der Waals surface area (Å²) in [7, 11) is 0. The molecular weight excluding hydrogens is 213 g/mol. The second kappa shape index (κ2) is 3.98. The number of aromatic nitrogens is 1. The number of halogens is 1. The van der Waals surface area contributed by atoms with Crippen LogP contribution in [0.25, 0.3) is 22.2 Å². The number of hydrogen-bond acceptors (Lipinski definition) is 1. The monoisotopic (exact) mass is 223 g/mol. The lowest BCUT2D eigenvalue weighted by atomic mass is 10.1. The summed E-state index contributed by atoms with van der Waals surface area (Å²) >= 11 is 0. The maximum Gasteiger partial charge on any atom is 0.149 e. The first-order chi connectivity index (χ1) is 8.34. The third-order valence-corrected chi connectivity index (χ3v) is 2.74. The first kappa shape index (κ1) is 9.97. The quantitative estimate of drug-likeness (QED) is 0.606. The molecule has 0 saturated heterocycles. The molecule has 3 rings (SSSR count). The molecule has 1 aromatic heterocycles. The van der Waals surface area contributed by atoms with E-state index < -0.39 is 0 Å². The Labute approximate surface area is 98.6 Å². The third kappa shape index (κ3) is 1.78. The normalized spacial score (nSPS) is 10.6. The van der Waals surface area contributed by atoms with Crippen molar-refractivity contribution in [2.75, 3.05) is 0 Å². The molecule has 3 aromatic rings. The number of fused-ring (bicyclic) bond motifs is 1. The van der Waals surface area contributed by atoms with Crippen molar-refractivity contribution in [3.8, 4) is 11.3 Å². The van der Waals surface area contributed by atoms with Crippen LogP contribution in [0.5, 0.6) is 0 Å². The van der Waals surface area contributed by atoms with Crippen LogP contribution in [-0.2, 0) is 0 Å². The molecule has 1 heterocycles. The molecular formula is C15H10FN. The maximum atomic E-state index is 13.6. The van der Waals surface area contributed by atoms with E-state index >= 15 is 0 Å². The molecule has 0 aliphatic rings. The van der Waals surface area contributed by atoms with E-state index in [9.17, 15) is 4.39 Å². The van der Waals surface area contributed by atoms with Crippen molar-refractivity contribution < 1.29 is 4.39 Å². The molecule has 0 aliphatic carbocycles. The summed E-state index contributed by atoms with van der Waals surface area (Å²) in [5.74, 6) is -0.278. The largest absolute Gasteiger partial charge is 0.245 e. The Morgan fingerprint density at radius 1 is 0.765 bits per heavy atom. The molecule has 0 saturated carbocycles. The minimum Gasteiger partial charge on any atom is -0.245 e. The van der Waals surface area contributed by atoms with Crippen molar-refractivity contribution in [2.45, 2.75) is 0 Å². The molecule has 0 spiro atoms. The number of benzene rings is 2. The highest BCUT2D eigenvalue weighted by atomic mass is 19.1. The van der Waals surface area contributed by atoms with Crippen molar-refractivity contribution in [1.29, 1.82) is 0 Å². The van der Waals surface area contributed by atoms with Crippen molar-refractivity contribution >= 4 is 10.9 Å². The molecule has 82 valence electrons. The van der Waals surface area contributed by atoms with Crippen LogP contribution < -0.4 is 0 Å². The van der Waals surface area contributed by atoms with Crippen molar-refractivity contribution in [3.05, 3.63) is 66.5 Å². The number of nitrogens with zero attached hydrogens (tertiary/aromatic N) is 1. The summed E-state index contributed by atoms with van der Waals surface area (Å²) in [4.78, 5) is 4.37. The Hall–Kier alpha value is -2.22. The van der Waals surface area contributed by atoms with E-state index in [1.165, 1.54) is 6.07 Å². The molecule has 2 heteroatoms. The lowest BCUT2D eigenvalue weighted by molar-refractivity contribution is 0.637. The van der Waals surface area contributed by atoms with Gasteiger partial charge in [0.15, 0.2) is 0 Å². The van der Waals surface area contributed by atoms with Crippen LogP contribution in [0.1, 0.15) is 0 Å². The molecule has 0 radical (unpaired) electrons. The Balaban J connectivity index is 2.23. The SMILES string of the molecule is Fc1cccc2ccc(-c3ccccc3)nc12. The minimum atomic E-state index is -0.278. The molecule has 0 fully saturated rings. The van der Waals surface area contributed by atoms with Gasteiger partial charge in [-0.3, -0.25) is 0 Å². The Bertz CT molecular complexity index is 662. The van der Waals surface area contributed by atoms with Crippen LogP contribution in [0.4, 0.5) is 4.39 Å². The lowest BCUT2D eigenvalue weighted by Gasteiger charge is -2.03. The van der Waals surface area contributed by atoms with E-state index in [0.29, 0.717) is 5.52 Å². The summed E-state index contributed by atoms with van der Waals surface area (Å²) in [5, 5.41) is 0.824. The molecule has 1 nitrogen and oxygen atoms in total. The van der Waals surface area contributed by atoms with Gasteiger partial charge in [0.2, 0.25) is 0 Å². The number of para-hydroxylation sites is 1. The van der Waals surface area contributed by atoms with Gasteiger partial charge in [0.25, 0.3) is 0 Å². The minimum absolute atomic E-state index is 0.278. The zero-order valence-corrected chi connectivity index (χ0v) is 9.10. The van der Waals surface area contributed by atoms with Gasteiger partial charge in [-0.2, -0.15) is 0 Å². The summed E-state index contributed by atoms with van der Waals surface area (Å²) in [5.41, 5.74) is 2.22. The third-order valence-electron chi connectivity index (χ3n) is 2.74. The number of hydrogen-bond donors (Lipinski definition) is 0. The molecule has 0 unspecified atom stereocenters. The topological polar surface area (TPSA) is 12.9 Å². The van der Waals surface area contributed by atoms with Crippen LogP contribution in [0.3, 0.4) is 0 Å². The first-order valence-corrected chi connectivity index (χ1v) is 5.45. The fourth-order valence-corrected chi connectivity index (χ4v) is 1.88. The maximum absolute atomic E-state index is 13.6. The van der Waals surface area contributed by atoms with Gasteiger partial charge in [0.05, 0.1) is 5.69 Å². The highest BCUT2D eigenvalue weighted by Crippen LogP contribution is 2.22. The molecule has 17 heavy (non-hydrogen) atoms. The van der Waals surface area contributed by atoms with Gasteiger partial charge in [-0.1, -0.05) is 48.5 Å². The highest BCUT2D eigenvalue weighted by molar-refractivity contribution is 5.81. The van der Waals surface area contributed by atoms with Crippen LogP contribution in [0, 0.1) is 5.82 Å². The molecule has 2 aromatic carbocycles. The van der Waals surface area contributed by atoms with E-state index in [4.69, 9.17) is 0 Å². The van der Waals surface area contributed by atoms with E-state index in [-0.39, 0.29) is 5.82 Å². The van der Waals surface area contributed by atoms with Crippen molar-refractivity contribution in [2.24, 2.45) is 0 Å². The first-order valence-electron chi connectivity index (χ1n) is 5.45. The summed E-state index contributed by atoms with van der Waals surface area (Å²) in [6, 6.07) is 18.6. The molecule has 0 bridgehead atoms. The van der Waals surface area contributed by atoms with E-state index in [1.54, 1.807) is 6.07 Å². The summed E-state index contributed by atoms with van der Waals surface area (Å²) in [6.45, 7) is 0. The second-order valence-corrected chi connectivity index (χ2v) is 3.87. The fourth-order valence-electron chi connectivity index (χ4n) is 1.88. The van der Waals surface area contributed by atoms with Gasteiger partial charge >= 0.3 is 0 Å². The predicted octanol–water partition coefficient (Wildman–Crippen LogP) is 4.04. The highest BCUT2D eigenvalue weighted by Gasteiger charge is 2.04. The Morgan fingerprint density at radius 2 is 1.59 bits per heavy atom. The number of pyridine rings is 1. The zero-order chi connectivity index (χ0) is 11.7. The van der Waals surface area contributed by atoms with Gasteiger partial charge < -0.3 is 0 Å². The van der Waals surface area contributed by atoms with E-state index in [2.05, 4.69) is 4.98 Å². The van der Waals surface area contributed by atoms with Gasteiger partial charge in [0.1, 0.15) is 11.3 Å². The van der Waals surface area contributed by atoms with Crippen LogP contribution in [0.15, 0.2) is 60.7 Å². The Kier molecular flexibility index (Phi) is 2.33. The van der Waals surface area contributed by atoms with E-state index in [0.717, 1.165) is 16.6 Å². The standard InChI is InChI=1S/C15H10FN/c16-13-8-4-7-12-9-10-14(17-15(12)13)11-5-2-1-3-6-11/h1-10H. The van der Waals surface area contributed by atoms with Gasteiger partial charge in [0, 0.05) is 10.9 Å². The second-order valence-electron chi connectivity index (χ2n) is 3.87. The average Bonchev–Trinajstić information content (AvgIpc) is 2.40. The van der Waals surface area contributed by atoms with Crippen molar-refractivity contribution in [3.63, 3.8) is 0 Å². The van der Waals surface area contributed by atoms with Gasteiger partial charge in [-0.05, 0) is 12.1 Å². The average molecular weight is 223 g/mol. The van der Waals surface area contributed by atoms with Crippen molar-refractivity contribution in [1.82, 2.24) is 4.98 Å². The summed E-state index contributed by atoms with van der Waals surface area (Å²) < 4.78 is 13.6. The van der Waals surface area contributed by atoms with E-state index in [1.807, 2.05) is 48.5 Å². The predicted molar refractivity (Wildman–Crippen MR) is 67.1 cm³/mol. The number of rotatable bonds is 1. The molecule has 0 amide bonds. The van der Waals surface area contributed by atoms with Crippen LogP contribution in [-0.4, -0.2) is 4.98 Å². The molecule has 0 atom stereocenters. The van der Waals surface area contributed by atoms with Gasteiger partial charge in [-0.25, -0.2) is 9.37 Å². The molecule has 0 aliphatic heterocycles. The smallest absolute Gasteiger partial charge is 0.149 e. The summed E-state index contributed by atoms with van der Waals surface area (Å²) in [6.07, 6.45) is 0.